The lowest BCUT2D eigenvalue weighted by molar-refractivity contribution is 0.0484. The smallest absolute Gasteiger partial charge is 0.255 e. The summed E-state index contributed by atoms with van der Waals surface area (Å²) in [5.74, 6) is 0.229. The highest BCUT2D eigenvalue weighted by Gasteiger charge is 2.35. The molecule has 2 aliphatic rings. The molecule has 3 heterocycles. The molecule has 0 aliphatic carbocycles. The van der Waals surface area contributed by atoms with Crippen LogP contribution in [0.1, 0.15) is 10.4 Å². The number of amides is 1. The van der Waals surface area contributed by atoms with Crippen molar-refractivity contribution >= 4 is 16.8 Å². The van der Waals surface area contributed by atoms with Gasteiger partial charge in [-0.3, -0.25) is 9.59 Å². The van der Waals surface area contributed by atoms with Gasteiger partial charge in [0, 0.05) is 42.5 Å². The van der Waals surface area contributed by atoms with E-state index in [9.17, 15) is 9.59 Å². The normalized spacial score (nSPS) is 24.8. The fourth-order valence-corrected chi connectivity index (χ4v) is 3.86. The van der Waals surface area contributed by atoms with Crippen LogP contribution in [-0.4, -0.2) is 66.6 Å². The van der Waals surface area contributed by atoms with E-state index in [-0.39, 0.29) is 17.5 Å². The van der Waals surface area contributed by atoms with Gasteiger partial charge in [0.25, 0.3) is 5.91 Å². The third kappa shape index (κ3) is 2.72. The van der Waals surface area contributed by atoms with E-state index in [1.165, 1.54) is 6.07 Å². The summed E-state index contributed by atoms with van der Waals surface area (Å²) in [5.41, 5.74) is 0.923. The van der Waals surface area contributed by atoms with Gasteiger partial charge in [-0.2, -0.15) is 0 Å². The molecule has 1 aromatic carbocycles. The molecule has 2 bridgehead atoms. The van der Waals surface area contributed by atoms with Crippen LogP contribution in [0.4, 0.5) is 0 Å². The summed E-state index contributed by atoms with van der Waals surface area (Å²) in [6.45, 7) is 3.63. The average molecular weight is 327 g/mol. The molecule has 2 aromatic rings. The van der Waals surface area contributed by atoms with Crippen molar-refractivity contribution in [3.05, 3.63) is 46.2 Å². The summed E-state index contributed by atoms with van der Waals surface area (Å²) in [4.78, 5) is 32.2. The summed E-state index contributed by atoms with van der Waals surface area (Å²) in [6, 6.07) is 8.89. The molecule has 1 amide bonds. The highest BCUT2D eigenvalue weighted by Crippen LogP contribution is 2.23. The first kappa shape index (κ1) is 15.4. The quantitative estimate of drug-likeness (QED) is 0.846. The van der Waals surface area contributed by atoms with Gasteiger partial charge in [-0.05, 0) is 13.1 Å². The monoisotopic (exact) mass is 327 g/mol. The maximum Gasteiger partial charge on any atom is 0.255 e. The highest BCUT2D eigenvalue weighted by molar-refractivity contribution is 6.06. The second-order valence-electron chi connectivity index (χ2n) is 6.83. The lowest BCUT2D eigenvalue weighted by atomic mass is 10.1. The molecular weight excluding hydrogens is 306 g/mol. The van der Waals surface area contributed by atoms with Crippen LogP contribution < -0.4 is 5.56 Å². The zero-order chi connectivity index (χ0) is 16.7. The molecule has 4 rings (SSSR count). The number of rotatable bonds is 1. The summed E-state index contributed by atoms with van der Waals surface area (Å²) < 4.78 is 5.75. The van der Waals surface area contributed by atoms with Crippen molar-refractivity contribution in [1.82, 2.24) is 14.8 Å². The molecule has 1 aromatic heterocycles. The van der Waals surface area contributed by atoms with E-state index >= 15 is 0 Å². The molecular formula is C18H21N3O3. The third-order valence-corrected chi connectivity index (χ3v) is 4.89. The summed E-state index contributed by atoms with van der Waals surface area (Å²) in [7, 11) is 2.09. The zero-order valence-corrected chi connectivity index (χ0v) is 13.7. The van der Waals surface area contributed by atoms with Gasteiger partial charge in [0.15, 0.2) is 0 Å². The molecule has 2 saturated heterocycles. The summed E-state index contributed by atoms with van der Waals surface area (Å²) in [6.07, 6.45) is 0. The maximum atomic E-state index is 13.3. The standard InChI is InChI=1S/C18H21N3O3/c1-20-7-12-8-21(13(9-20)11-24-10-12)18(23)15-6-17(22)19-16-5-3-2-4-14(15)16/h2-6,12-13H,7-11H2,1H3,(H,19,22)/t12-,13-/m0/s1. The number of nitrogens with one attached hydrogen (secondary N) is 1. The second-order valence-corrected chi connectivity index (χ2v) is 6.83. The molecule has 2 fully saturated rings. The van der Waals surface area contributed by atoms with Crippen LogP contribution in [0.2, 0.25) is 0 Å². The van der Waals surface area contributed by atoms with Crippen LogP contribution in [0, 0.1) is 5.92 Å². The number of benzene rings is 1. The van der Waals surface area contributed by atoms with Crippen molar-refractivity contribution in [3.8, 4) is 0 Å². The molecule has 2 atom stereocenters. The number of H-pyrrole nitrogens is 1. The number of ether oxygens (including phenoxy) is 1. The first-order valence-electron chi connectivity index (χ1n) is 8.31. The Labute approximate surface area is 140 Å². The van der Waals surface area contributed by atoms with Gasteiger partial charge in [0.1, 0.15) is 0 Å². The number of carbonyl (C=O) groups is 1. The SMILES string of the molecule is CN1C[C@@H]2COC[C@H](C1)N(C(=O)c1cc(=O)[nH]c3ccccc13)C2. The average Bonchev–Trinajstić information content (AvgIpc) is 2.83. The van der Waals surface area contributed by atoms with E-state index in [0.717, 1.165) is 18.5 Å². The number of carbonyl (C=O) groups excluding carboxylic acids is 1. The lowest BCUT2D eigenvalue weighted by Gasteiger charge is -2.30. The molecule has 0 unspecified atom stereocenters. The Hall–Kier alpha value is -2.18. The van der Waals surface area contributed by atoms with Crippen molar-refractivity contribution in [2.75, 3.05) is 39.9 Å². The maximum absolute atomic E-state index is 13.3. The van der Waals surface area contributed by atoms with E-state index in [2.05, 4.69) is 16.9 Å². The highest BCUT2D eigenvalue weighted by atomic mass is 16.5. The van der Waals surface area contributed by atoms with Crippen LogP contribution in [-0.2, 0) is 4.74 Å². The predicted octanol–water partition coefficient (Wildman–Crippen LogP) is 0.931. The minimum absolute atomic E-state index is 0.0213. The number of hydrogen-bond acceptors (Lipinski definition) is 4. The number of hydrogen-bond donors (Lipinski definition) is 1. The van der Waals surface area contributed by atoms with Gasteiger partial charge >= 0.3 is 0 Å². The predicted molar refractivity (Wildman–Crippen MR) is 91.2 cm³/mol. The molecule has 126 valence electrons. The number of aromatic nitrogens is 1. The first-order chi connectivity index (χ1) is 11.6. The van der Waals surface area contributed by atoms with E-state index < -0.39 is 0 Å². The fourth-order valence-electron chi connectivity index (χ4n) is 3.86. The molecule has 6 nitrogen and oxygen atoms in total. The second kappa shape index (κ2) is 6.03. The molecule has 0 spiro atoms. The van der Waals surface area contributed by atoms with Gasteiger partial charge in [-0.15, -0.1) is 0 Å². The Balaban J connectivity index is 1.77. The van der Waals surface area contributed by atoms with Crippen molar-refractivity contribution in [1.29, 1.82) is 0 Å². The molecule has 1 N–H and O–H groups in total. The Bertz CT molecular complexity index is 832. The fraction of sp³-hybridized carbons (Fsp3) is 0.444. The van der Waals surface area contributed by atoms with E-state index in [1.54, 1.807) is 0 Å². The number of nitrogens with zero attached hydrogens (tertiary/aromatic N) is 2. The van der Waals surface area contributed by atoms with E-state index in [0.29, 0.717) is 36.8 Å². The first-order valence-corrected chi connectivity index (χ1v) is 8.31. The van der Waals surface area contributed by atoms with Crippen LogP contribution in [0.25, 0.3) is 10.9 Å². The minimum atomic E-state index is -0.247. The number of fused-ring (bicyclic) bond motifs is 4. The van der Waals surface area contributed by atoms with E-state index in [4.69, 9.17) is 4.74 Å². The van der Waals surface area contributed by atoms with Crippen LogP contribution >= 0.6 is 0 Å². The molecule has 0 saturated carbocycles. The van der Waals surface area contributed by atoms with Gasteiger partial charge < -0.3 is 19.5 Å². The van der Waals surface area contributed by atoms with Gasteiger partial charge in [-0.25, -0.2) is 0 Å². The number of para-hydroxylation sites is 1. The van der Waals surface area contributed by atoms with Crippen LogP contribution in [0.5, 0.6) is 0 Å². The number of pyridine rings is 1. The van der Waals surface area contributed by atoms with Gasteiger partial charge in [0.05, 0.1) is 24.8 Å². The number of aromatic amines is 1. The lowest BCUT2D eigenvalue weighted by Crippen LogP contribution is -2.46. The minimum Gasteiger partial charge on any atom is -0.379 e. The van der Waals surface area contributed by atoms with Gasteiger partial charge in [0.2, 0.25) is 5.56 Å². The van der Waals surface area contributed by atoms with Crippen molar-refractivity contribution in [2.24, 2.45) is 5.92 Å². The Morgan fingerprint density at radius 3 is 2.92 bits per heavy atom. The van der Waals surface area contributed by atoms with Crippen LogP contribution in [0.15, 0.2) is 35.1 Å². The third-order valence-electron chi connectivity index (χ3n) is 4.89. The molecule has 24 heavy (non-hydrogen) atoms. The van der Waals surface area contributed by atoms with Gasteiger partial charge in [-0.1, -0.05) is 18.2 Å². The largest absolute Gasteiger partial charge is 0.379 e. The summed E-state index contributed by atoms with van der Waals surface area (Å²) >= 11 is 0. The van der Waals surface area contributed by atoms with Crippen LogP contribution in [0.3, 0.4) is 0 Å². The Morgan fingerprint density at radius 2 is 2.04 bits per heavy atom. The molecule has 6 heteroatoms. The van der Waals surface area contributed by atoms with Crippen molar-refractivity contribution in [2.45, 2.75) is 6.04 Å². The Morgan fingerprint density at radius 1 is 1.21 bits per heavy atom. The van der Waals surface area contributed by atoms with Crippen molar-refractivity contribution in [3.63, 3.8) is 0 Å². The number of likely N-dealkylation sites (N-methyl/N-ethyl adjacent to an activating group) is 1. The van der Waals surface area contributed by atoms with Crippen molar-refractivity contribution < 1.29 is 9.53 Å². The van der Waals surface area contributed by atoms with E-state index in [1.807, 2.05) is 29.2 Å². The zero-order valence-electron chi connectivity index (χ0n) is 13.7. The molecule has 2 aliphatic heterocycles. The summed E-state index contributed by atoms with van der Waals surface area (Å²) in [5, 5.41) is 0.787. The Kier molecular flexibility index (Phi) is 3.86. The molecule has 0 radical (unpaired) electrons. The topological polar surface area (TPSA) is 65.6 Å².